The zero-order valence-corrected chi connectivity index (χ0v) is 12.8. The van der Waals surface area contributed by atoms with Crippen molar-refractivity contribution in [2.45, 2.75) is 38.6 Å². The number of nitriles is 1. The highest BCUT2D eigenvalue weighted by molar-refractivity contribution is 5.58. The first-order valence-corrected chi connectivity index (χ1v) is 7.79. The molecular weight excluding hydrogens is 272 g/mol. The number of anilines is 1. The van der Waals surface area contributed by atoms with Crippen LogP contribution in [0.5, 0.6) is 0 Å². The Hall–Kier alpha value is -2.41. The monoisotopic (exact) mass is 290 g/mol. The van der Waals surface area contributed by atoms with Gasteiger partial charge in [-0.2, -0.15) is 10.4 Å². The fraction of sp³-hybridized carbons (Fsp3) is 0.389. The molecule has 0 saturated heterocycles. The minimum atomic E-state index is 0.382. The summed E-state index contributed by atoms with van der Waals surface area (Å²) in [5.41, 5.74) is 5.31. The molecule has 2 aliphatic carbocycles. The molecule has 0 radical (unpaired) electrons. The van der Waals surface area contributed by atoms with Crippen molar-refractivity contribution in [3.05, 3.63) is 52.2 Å². The van der Waals surface area contributed by atoms with Crippen LogP contribution in [-0.4, -0.2) is 16.2 Å². The van der Waals surface area contributed by atoms with Crippen molar-refractivity contribution >= 4 is 5.82 Å². The van der Waals surface area contributed by atoms with Gasteiger partial charge in [-0.15, -0.1) is 5.10 Å². The summed E-state index contributed by atoms with van der Waals surface area (Å²) in [6.45, 7) is 3.82. The maximum atomic E-state index is 9.42. The van der Waals surface area contributed by atoms with Crippen LogP contribution in [0.25, 0.3) is 0 Å². The van der Waals surface area contributed by atoms with Gasteiger partial charge in [-0.25, -0.2) is 0 Å². The Morgan fingerprint density at radius 1 is 1.23 bits per heavy atom. The van der Waals surface area contributed by atoms with Crippen molar-refractivity contribution in [2.24, 2.45) is 5.92 Å². The Kier molecular flexibility index (Phi) is 2.90. The average Bonchev–Trinajstić information content (AvgIpc) is 3.25. The summed E-state index contributed by atoms with van der Waals surface area (Å²) in [7, 11) is 0. The van der Waals surface area contributed by atoms with E-state index in [1.54, 1.807) is 0 Å². The molecule has 22 heavy (non-hydrogen) atoms. The summed E-state index contributed by atoms with van der Waals surface area (Å²) >= 11 is 0. The van der Waals surface area contributed by atoms with Gasteiger partial charge in [0.15, 0.2) is 5.82 Å². The predicted octanol–water partition coefficient (Wildman–Crippen LogP) is 3.11. The van der Waals surface area contributed by atoms with Crippen molar-refractivity contribution < 1.29 is 0 Å². The first-order valence-electron chi connectivity index (χ1n) is 7.79. The van der Waals surface area contributed by atoms with Crippen molar-refractivity contribution in [1.29, 1.82) is 5.26 Å². The van der Waals surface area contributed by atoms with Crippen molar-refractivity contribution in [2.75, 3.05) is 5.32 Å². The van der Waals surface area contributed by atoms with E-state index in [-0.39, 0.29) is 0 Å². The van der Waals surface area contributed by atoms with E-state index in [0.717, 1.165) is 17.7 Å². The Morgan fingerprint density at radius 3 is 2.86 bits per heavy atom. The highest BCUT2D eigenvalue weighted by Crippen LogP contribution is 2.55. The largest absolute Gasteiger partial charge is 0.364 e. The van der Waals surface area contributed by atoms with Crippen LogP contribution in [-0.2, 0) is 6.42 Å². The topological polar surface area (TPSA) is 61.6 Å². The molecule has 4 rings (SSSR count). The molecule has 3 unspecified atom stereocenters. The second-order valence-electron chi connectivity index (χ2n) is 6.34. The highest BCUT2D eigenvalue weighted by Gasteiger charge is 2.53. The first kappa shape index (κ1) is 13.3. The van der Waals surface area contributed by atoms with E-state index in [4.69, 9.17) is 0 Å². The van der Waals surface area contributed by atoms with E-state index in [1.165, 1.54) is 17.5 Å². The number of hydrogen-bond donors (Lipinski definition) is 1. The number of benzene rings is 1. The van der Waals surface area contributed by atoms with Crippen molar-refractivity contribution in [3.63, 3.8) is 0 Å². The number of aryl methyl sites for hydroxylation is 2. The maximum Gasteiger partial charge on any atom is 0.167 e. The smallest absolute Gasteiger partial charge is 0.167 e. The van der Waals surface area contributed by atoms with Gasteiger partial charge in [-0.3, -0.25) is 0 Å². The Bertz CT molecular complexity index is 790. The second-order valence-corrected chi connectivity index (χ2v) is 6.34. The molecule has 2 aliphatic rings. The fourth-order valence-electron chi connectivity index (χ4n) is 3.77. The van der Waals surface area contributed by atoms with Crippen molar-refractivity contribution in [1.82, 2.24) is 10.2 Å². The van der Waals surface area contributed by atoms with E-state index >= 15 is 0 Å². The Balaban J connectivity index is 1.63. The van der Waals surface area contributed by atoms with Crippen LogP contribution >= 0.6 is 0 Å². The molecule has 0 bridgehead atoms. The Labute approximate surface area is 130 Å². The zero-order chi connectivity index (χ0) is 15.3. The number of nitrogens with one attached hydrogen (secondary N) is 1. The lowest BCUT2D eigenvalue weighted by atomic mass is 9.92. The summed E-state index contributed by atoms with van der Waals surface area (Å²) in [6, 6.07) is 11.4. The number of aromatic nitrogens is 2. The van der Waals surface area contributed by atoms with Gasteiger partial charge in [-0.05, 0) is 49.3 Å². The third-order valence-electron chi connectivity index (χ3n) is 5.20. The molecule has 0 amide bonds. The SMILES string of the molecule is Cc1nnc(NC2C3CCc4ccccc4C32)c(C#N)c1C. The summed E-state index contributed by atoms with van der Waals surface area (Å²) in [5.74, 6) is 1.85. The second kappa shape index (κ2) is 4.81. The molecule has 0 spiro atoms. The standard InChI is InChI=1S/C18H18N4/c1-10-11(2)21-22-18(15(10)9-19)20-17-14-8-7-12-5-3-4-6-13(12)16(14)17/h3-6,14,16-17H,7-8H2,1-2H3,(H,20,22). The zero-order valence-electron chi connectivity index (χ0n) is 12.8. The van der Waals surface area contributed by atoms with E-state index in [1.807, 2.05) is 13.8 Å². The molecule has 1 N–H and O–H groups in total. The summed E-state index contributed by atoms with van der Waals surface area (Å²) in [5, 5.41) is 21.3. The first-order chi connectivity index (χ1) is 10.7. The van der Waals surface area contributed by atoms with Gasteiger partial charge in [0.1, 0.15) is 11.6 Å². The molecule has 0 aliphatic heterocycles. The molecule has 4 nitrogen and oxygen atoms in total. The van der Waals surface area contributed by atoms with Crippen LogP contribution in [0.1, 0.15) is 40.3 Å². The van der Waals surface area contributed by atoms with Gasteiger partial charge in [0.25, 0.3) is 0 Å². The van der Waals surface area contributed by atoms with Crippen LogP contribution in [0.15, 0.2) is 24.3 Å². The minimum absolute atomic E-state index is 0.382. The molecule has 1 aromatic carbocycles. The molecule has 1 saturated carbocycles. The number of rotatable bonds is 2. The highest BCUT2D eigenvalue weighted by atomic mass is 15.2. The fourth-order valence-corrected chi connectivity index (χ4v) is 3.77. The molecule has 1 heterocycles. The minimum Gasteiger partial charge on any atom is -0.364 e. The lowest BCUT2D eigenvalue weighted by molar-refractivity contribution is 0.661. The van der Waals surface area contributed by atoms with E-state index in [9.17, 15) is 5.26 Å². The normalized spacial score (nSPS) is 24.9. The third kappa shape index (κ3) is 1.89. The molecule has 2 aromatic rings. The van der Waals surface area contributed by atoms with E-state index < -0.39 is 0 Å². The predicted molar refractivity (Wildman–Crippen MR) is 84.6 cm³/mol. The van der Waals surface area contributed by atoms with Crippen LogP contribution in [0.2, 0.25) is 0 Å². The van der Waals surface area contributed by atoms with Gasteiger partial charge in [0.05, 0.1) is 5.69 Å². The molecular formula is C18H18N4. The lowest BCUT2D eigenvalue weighted by Gasteiger charge is -2.13. The van der Waals surface area contributed by atoms with Gasteiger partial charge in [-0.1, -0.05) is 24.3 Å². The van der Waals surface area contributed by atoms with Gasteiger partial charge in [0.2, 0.25) is 0 Å². The van der Waals surface area contributed by atoms with Crippen LogP contribution in [0.4, 0.5) is 5.82 Å². The molecule has 110 valence electrons. The summed E-state index contributed by atoms with van der Waals surface area (Å²) in [6.07, 6.45) is 2.36. The average molecular weight is 290 g/mol. The Morgan fingerprint density at radius 2 is 2.05 bits per heavy atom. The van der Waals surface area contributed by atoms with Gasteiger partial charge >= 0.3 is 0 Å². The summed E-state index contributed by atoms with van der Waals surface area (Å²) < 4.78 is 0. The molecule has 3 atom stereocenters. The summed E-state index contributed by atoms with van der Waals surface area (Å²) in [4.78, 5) is 0. The maximum absolute atomic E-state index is 9.42. The van der Waals surface area contributed by atoms with Crippen molar-refractivity contribution in [3.8, 4) is 6.07 Å². The quantitative estimate of drug-likeness (QED) is 0.923. The van der Waals surface area contributed by atoms with E-state index in [0.29, 0.717) is 29.3 Å². The molecule has 1 aromatic heterocycles. The molecule has 4 heteroatoms. The number of fused-ring (bicyclic) bond motifs is 3. The van der Waals surface area contributed by atoms with Gasteiger partial charge < -0.3 is 5.32 Å². The lowest BCUT2D eigenvalue weighted by Crippen LogP contribution is -2.11. The van der Waals surface area contributed by atoms with E-state index in [2.05, 4.69) is 45.8 Å². The van der Waals surface area contributed by atoms with Crippen LogP contribution in [0.3, 0.4) is 0 Å². The van der Waals surface area contributed by atoms with Crippen LogP contribution in [0, 0.1) is 31.1 Å². The van der Waals surface area contributed by atoms with Gasteiger partial charge in [0, 0.05) is 12.0 Å². The number of hydrogen-bond acceptors (Lipinski definition) is 4. The third-order valence-corrected chi connectivity index (χ3v) is 5.20. The number of nitrogens with zero attached hydrogens (tertiary/aromatic N) is 3. The van der Waals surface area contributed by atoms with Crippen LogP contribution < -0.4 is 5.32 Å². The molecule has 1 fully saturated rings.